The molecular formula is C11H7BrN2. The molecule has 0 amide bonds. The second-order valence-corrected chi connectivity index (χ2v) is 4.02. The minimum absolute atomic E-state index is 0.982. The lowest BCUT2D eigenvalue weighted by atomic mass is 10.2. The SMILES string of the molecule is Brc1cccc2c1ccc1nccn12. The zero-order valence-corrected chi connectivity index (χ0v) is 8.90. The van der Waals surface area contributed by atoms with Crippen LogP contribution < -0.4 is 0 Å². The van der Waals surface area contributed by atoms with Crippen molar-refractivity contribution < 1.29 is 0 Å². The largest absolute Gasteiger partial charge is 0.300 e. The zero-order chi connectivity index (χ0) is 9.54. The molecule has 0 aliphatic heterocycles. The molecule has 0 unspecified atom stereocenters. The highest BCUT2D eigenvalue weighted by atomic mass is 79.9. The van der Waals surface area contributed by atoms with Crippen molar-refractivity contribution in [2.45, 2.75) is 0 Å². The molecule has 1 aromatic carbocycles. The first-order chi connectivity index (χ1) is 6.86. The molecule has 3 aromatic rings. The summed E-state index contributed by atoms with van der Waals surface area (Å²) in [5.74, 6) is 0. The molecule has 2 nitrogen and oxygen atoms in total. The van der Waals surface area contributed by atoms with Crippen LogP contribution in [0.5, 0.6) is 0 Å². The van der Waals surface area contributed by atoms with Gasteiger partial charge in [-0.2, -0.15) is 0 Å². The van der Waals surface area contributed by atoms with Crippen molar-refractivity contribution in [3.8, 4) is 0 Å². The molecule has 68 valence electrons. The van der Waals surface area contributed by atoms with E-state index in [1.54, 1.807) is 0 Å². The van der Waals surface area contributed by atoms with Crippen LogP contribution in [0, 0.1) is 0 Å². The number of fused-ring (bicyclic) bond motifs is 3. The van der Waals surface area contributed by atoms with Gasteiger partial charge in [0.2, 0.25) is 0 Å². The van der Waals surface area contributed by atoms with Gasteiger partial charge in [0, 0.05) is 22.3 Å². The highest BCUT2D eigenvalue weighted by Gasteiger charge is 2.01. The van der Waals surface area contributed by atoms with Crippen LogP contribution in [0.2, 0.25) is 0 Å². The molecule has 0 N–H and O–H groups in total. The van der Waals surface area contributed by atoms with Crippen LogP contribution in [0.15, 0.2) is 47.2 Å². The fourth-order valence-corrected chi connectivity index (χ4v) is 2.19. The second-order valence-electron chi connectivity index (χ2n) is 3.16. The number of rotatable bonds is 0. The number of pyridine rings is 1. The van der Waals surface area contributed by atoms with E-state index in [2.05, 4.69) is 37.4 Å². The van der Waals surface area contributed by atoms with E-state index in [9.17, 15) is 0 Å². The number of imidazole rings is 1. The molecule has 0 aliphatic carbocycles. The van der Waals surface area contributed by atoms with Gasteiger partial charge in [-0.05, 0) is 24.3 Å². The van der Waals surface area contributed by atoms with E-state index in [0.717, 1.165) is 10.1 Å². The molecule has 0 atom stereocenters. The van der Waals surface area contributed by atoms with Crippen LogP contribution in [0.4, 0.5) is 0 Å². The van der Waals surface area contributed by atoms with Gasteiger partial charge in [0.15, 0.2) is 0 Å². The molecule has 14 heavy (non-hydrogen) atoms. The number of aromatic nitrogens is 2. The highest BCUT2D eigenvalue weighted by Crippen LogP contribution is 2.24. The third-order valence-corrected chi connectivity index (χ3v) is 3.05. The van der Waals surface area contributed by atoms with E-state index in [4.69, 9.17) is 0 Å². The molecule has 3 heteroatoms. The molecule has 0 bridgehead atoms. The fraction of sp³-hybridized carbons (Fsp3) is 0. The molecule has 2 heterocycles. The standard InChI is InChI=1S/C11H7BrN2/c12-9-2-1-3-10-8(9)4-5-11-13-6-7-14(10)11/h1-7H. The normalized spacial score (nSPS) is 11.2. The fourth-order valence-electron chi connectivity index (χ4n) is 1.70. The van der Waals surface area contributed by atoms with Crippen molar-refractivity contribution in [1.29, 1.82) is 0 Å². The maximum absolute atomic E-state index is 4.25. The van der Waals surface area contributed by atoms with Gasteiger partial charge in [-0.3, -0.25) is 4.40 Å². The van der Waals surface area contributed by atoms with Gasteiger partial charge in [-0.1, -0.05) is 22.0 Å². The van der Waals surface area contributed by atoms with Gasteiger partial charge < -0.3 is 0 Å². The lowest BCUT2D eigenvalue weighted by Crippen LogP contribution is -1.86. The highest BCUT2D eigenvalue weighted by molar-refractivity contribution is 9.10. The average molecular weight is 247 g/mol. The Morgan fingerprint density at radius 2 is 2.07 bits per heavy atom. The summed E-state index contributed by atoms with van der Waals surface area (Å²) < 4.78 is 3.20. The number of halogens is 1. The van der Waals surface area contributed by atoms with Crippen molar-refractivity contribution in [2.24, 2.45) is 0 Å². The third kappa shape index (κ3) is 0.990. The first-order valence-electron chi connectivity index (χ1n) is 4.36. The molecule has 0 spiro atoms. The van der Waals surface area contributed by atoms with E-state index in [1.165, 1.54) is 10.9 Å². The lowest BCUT2D eigenvalue weighted by Gasteiger charge is -2.02. The Kier molecular flexibility index (Phi) is 1.61. The van der Waals surface area contributed by atoms with E-state index < -0.39 is 0 Å². The van der Waals surface area contributed by atoms with Crippen molar-refractivity contribution >= 4 is 32.5 Å². The van der Waals surface area contributed by atoms with Gasteiger partial charge in [-0.15, -0.1) is 0 Å². The van der Waals surface area contributed by atoms with Crippen LogP contribution in [0.3, 0.4) is 0 Å². The van der Waals surface area contributed by atoms with E-state index in [1.807, 2.05) is 30.6 Å². The summed E-state index contributed by atoms with van der Waals surface area (Å²) >= 11 is 3.54. The minimum Gasteiger partial charge on any atom is -0.300 e. The van der Waals surface area contributed by atoms with E-state index >= 15 is 0 Å². The predicted molar refractivity (Wildman–Crippen MR) is 60.4 cm³/mol. The third-order valence-electron chi connectivity index (χ3n) is 2.36. The molecule has 0 fully saturated rings. The summed E-state index contributed by atoms with van der Waals surface area (Å²) in [6.45, 7) is 0. The second kappa shape index (κ2) is 2.82. The van der Waals surface area contributed by atoms with Gasteiger partial charge >= 0.3 is 0 Å². The maximum Gasteiger partial charge on any atom is 0.137 e. The Morgan fingerprint density at radius 1 is 1.14 bits per heavy atom. The number of hydrogen-bond acceptors (Lipinski definition) is 1. The molecule has 0 aliphatic rings. The molecule has 0 saturated heterocycles. The van der Waals surface area contributed by atoms with Crippen molar-refractivity contribution in [2.75, 3.05) is 0 Å². The van der Waals surface area contributed by atoms with E-state index in [0.29, 0.717) is 0 Å². The first kappa shape index (κ1) is 8.00. The van der Waals surface area contributed by atoms with E-state index in [-0.39, 0.29) is 0 Å². The van der Waals surface area contributed by atoms with Crippen molar-refractivity contribution in [1.82, 2.24) is 9.38 Å². The summed E-state index contributed by atoms with van der Waals surface area (Å²) in [4.78, 5) is 4.25. The quantitative estimate of drug-likeness (QED) is 0.596. The molecule has 0 saturated carbocycles. The summed E-state index contributed by atoms with van der Waals surface area (Å²) in [7, 11) is 0. The summed E-state index contributed by atoms with van der Waals surface area (Å²) in [6, 6.07) is 10.3. The number of benzene rings is 1. The maximum atomic E-state index is 4.25. The Morgan fingerprint density at radius 3 is 3.00 bits per heavy atom. The topological polar surface area (TPSA) is 17.3 Å². The first-order valence-corrected chi connectivity index (χ1v) is 5.16. The van der Waals surface area contributed by atoms with Crippen molar-refractivity contribution in [3.63, 3.8) is 0 Å². The molecule has 3 rings (SSSR count). The zero-order valence-electron chi connectivity index (χ0n) is 7.31. The number of hydrogen-bond donors (Lipinski definition) is 0. The predicted octanol–water partition coefficient (Wildman–Crippen LogP) is 3.25. The average Bonchev–Trinajstić information content (AvgIpc) is 2.66. The van der Waals surface area contributed by atoms with Crippen LogP contribution in [-0.4, -0.2) is 9.38 Å². The Hall–Kier alpha value is -1.35. The van der Waals surface area contributed by atoms with Gasteiger partial charge in [0.1, 0.15) is 5.65 Å². The van der Waals surface area contributed by atoms with Crippen LogP contribution in [0.25, 0.3) is 16.6 Å². The van der Waals surface area contributed by atoms with Gasteiger partial charge in [-0.25, -0.2) is 4.98 Å². The van der Waals surface area contributed by atoms with Gasteiger partial charge in [0.25, 0.3) is 0 Å². The Balaban J connectivity index is 2.64. The minimum atomic E-state index is 0.982. The summed E-state index contributed by atoms with van der Waals surface area (Å²) in [6.07, 6.45) is 3.79. The lowest BCUT2D eigenvalue weighted by molar-refractivity contribution is 1.25. The van der Waals surface area contributed by atoms with Crippen molar-refractivity contribution in [3.05, 3.63) is 47.2 Å². The molecular weight excluding hydrogens is 240 g/mol. The molecule has 2 aromatic heterocycles. The molecule has 0 radical (unpaired) electrons. The Labute approximate surface area is 89.3 Å². The Bertz CT molecular complexity index is 613. The summed E-state index contributed by atoms with van der Waals surface area (Å²) in [5, 5.41) is 1.21. The van der Waals surface area contributed by atoms with Crippen LogP contribution in [0.1, 0.15) is 0 Å². The van der Waals surface area contributed by atoms with Crippen LogP contribution >= 0.6 is 15.9 Å². The smallest absolute Gasteiger partial charge is 0.137 e. The van der Waals surface area contributed by atoms with Gasteiger partial charge in [0.05, 0.1) is 5.52 Å². The van der Waals surface area contributed by atoms with Crippen LogP contribution in [-0.2, 0) is 0 Å². The monoisotopic (exact) mass is 246 g/mol. The number of nitrogens with zero attached hydrogens (tertiary/aromatic N) is 2. The summed E-state index contributed by atoms with van der Waals surface area (Å²) in [5.41, 5.74) is 2.16.